The standard InChI is InChI=1S/C19H24FNO4/c1-12(13-6-8-16(22-2)15(20)10-13)21-11-14-7-9-17(23-3)19(25-5)18(14)24-4/h6-10,12,21H,11H2,1-5H3. The van der Waals surface area contributed by atoms with E-state index in [0.29, 0.717) is 23.8 Å². The predicted octanol–water partition coefficient (Wildman–Crippen LogP) is 3.71. The predicted molar refractivity (Wildman–Crippen MR) is 94.3 cm³/mol. The first kappa shape index (κ1) is 18.9. The molecule has 5 nitrogen and oxygen atoms in total. The van der Waals surface area contributed by atoms with Gasteiger partial charge >= 0.3 is 0 Å². The molecule has 0 radical (unpaired) electrons. The van der Waals surface area contributed by atoms with Crippen molar-refractivity contribution in [2.75, 3.05) is 28.4 Å². The molecule has 1 atom stereocenters. The topological polar surface area (TPSA) is 49.0 Å². The van der Waals surface area contributed by atoms with Gasteiger partial charge in [0.15, 0.2) is 23.1 Å². The summed E-state index contributed by atoms with van der Waals surface area (Å²) in [7, 11) is 6.18. The lowest BCUT2D eigenvalue weighted by molar-refractivity contribution is 0.321. The number of hydrogen-bond acceptors (Lipinski definition) is 5. The Balaban J connectivity index is 2.16. The Hall–Kier alpha value is -2.47. The van der Waals surface area contributed by atoms with Crippen molar-refractivity contribution >= 4 is 0 Å². The van der Waals surface area contributed by atoms with Crippen molar-refractivity contribution in [1.29, 1.82) is 0 Å². The Morgan fingerprint density at radius 1 is 0.880 bits per heavy atom. The zero-order valence-electron chi connectivity index (χ0n) is 15.2. The summed E-state index contributed by atoms with van der Waals surface area (Å²) >= 11 is 0. The van der Waals surface area contributed by atoms with E-state index in [1.807, 2.05) is 25.1 Å². The molecule has 1 unspecified atom stereocenters. The van der Waals surface area contributed by atoms with Gasteiger partial charge in [-0.05, 0) is 30.7 Å². The zero-order valence-corrected chi connectivity index (χ0v) is 15.2. The summed E-state index contributed by atoms with van der Waals surface area (Å²) in [6, 6.07) is 8.62. The number of halogens is 1. The molecule has 25 heavy (non-hydrogen) atoms. The van der Waals surface area contributed by atoms with E-state index < -0.39 is 0 Å². The monoisotopic (exact) mass is 349 g/mol. The van der Waals surface area contributed by atoms with Crippen molar-refractivity contribution in [3.8, 4) is 23.0 Å². The second-order valence-corrected chi connectivity index (χ2v) is 5.49. The Morgan fingerprint density at radius 2 is 1.52 bits per heavy atom. The summed E-state index contributed by atoms with van der Waals surface area (Å²) in [6.07, 6.45) is 0. The van der Waals surface area contributed by atoms with Crippen LogP contribution in [0.5, 0.6) is 23.0 Å². The molecule has 0 spiro atoms. The first-order valence-corrected chi connectivity index (χ1v) is 7.90. The van der Waals surface area contributed by atoms with E-state index in [4.69, 9.17) is 18.9 Å². The van der Waals surface area contributed by atoms with E-state index in [0.717, 1.165) is 11.1 Å². The average molecular weight is 349 g/mol. The first-order valence-electron chi connectivity index (χ1n) is 7.90. The van der Waals surface area contributed by atoms with Crippen LogP contribution in [0.4, 0.5) is 4.39 Å². The maximum Gasteiger partial charge on any atom is 0.203 e. The summed E-state index contributed by atoms with van der Waals surface area (Å²) < 4.78 is 35.0. The van der Waals surface area contributed by atoms with Crippen LogP contribution in [0.25, 0.3) is 0 Å². The molecule has 0 aromatic heterocycles. The molecule has 1 N–H and O–H groups in total. The second-order valence-electron chi connectivity index (χ2n) is 5.49. The highest BCUT2D eigenvalue weighted by Crippen LogP contribution is 2.39. The lowest BCUT2D eigenvalue weighted by atomic mass is 10.1. The summed E-state index contributed by atoms with van der Waals surface area (Å²) in [4.78, 5) is 0. The van der Waals surface area contributed by atoms with E-state index in [1.165, 1.54) is 13.2 Å². The van der Waals surface area contributed by atoms with Gasteiger partial charge in [-0.1, -0.05) is 12.1 Å². The summed E-state index contributed by atoms with van der Waals surface area (Å²) in [5.74, 6) is 1.62. The Bertz CT molecular complexity index is 721. The van der Waals surface area contributed by atoms with Crippen LogP contribution in [-0.4, -0.2) is 28.4 Å². The van der Waals surface area contributed by atoms with Gasteiger partial charge in [0.25, 0.3) is 0 Å². The fourth-order valence-electron chi connectivity index (χ4n) is 2.64. The largest absolute Gasteiger partial charge is 0.494 e. The van der Waals surface area contributed by atoms with Crippen LogP contribution in [0.2, 0.25) is 0 Å². The Kier molecular flexibility index (Phi) is 6.47. The SMILES string of the molecule is COc1ccc(C(C)NCc2ccc(OC)c(OC)c2OC)cc1F. The quantitative estimate of drug-likeness (QED) is 0.787. The smallest absolute Gasteiger partial charge is 0.203 e. The normalized spacial score (nSPS) is 11.8. The maximum atomic E-state index is 13.9. The van der Waals surface area contributed by atoms with E-state index in [1.54, 1.807) is 27.4 Å². The van der Waals surface area contributed by atoms with Crippen LogP contribution in [0.3, 0.4) is 0 Å². The molecule has 2 aromatic carbocycles. The van der Waals surface area contributed by atoms with Crippen molar-refractivity contribution in [2.45, 2.75) is 19.5 Å². The molecule has 0 heterocycles. The Labute approximate surface area is 147 Å². The lowest BCUT2D eigenvalue weighted by Gasteiger charge is -2.19. The van der Waals surface area contributed by atoms with Crippen molar-refractivity contribution in [2.24, 2.45) is 0 Å². The molecule has 2 rings (SSSR count). The highest BCUT2D eigenvalue weighted by atomic mass is 19.1. The molecule has 0 amide bonds. The van der Waals surface area contributed by atoms with Crippen molar-refractivity contribution in [3.05, 3.63) is 47.3 Å². The van der Waals surface area contributed by atoms with Crippen molar-refractivity contribution in [1.82, 2.24) is 5.32 Å². The molecule has 0 bridgehead atoms. The molecule has 136 valence electrons. The minimum atomic E-state index is -0.377. The number of ether oxygens (including phenoxy) is 4. The van der Waals surface area contributed by atoms with Crippen molar-refractivity contribution in [3.63, 3.8) is 0 Å². The fraction of sp³-hybridized carbons (Fsp3) is 0.368. The number of hydrogen-bond donors (Lipinski definition) is 1. The highest BCUT2D eigenvalue weighted by Gasteiger charge is 2.16. The second kappa shape index (κ2) is 8.58. The van der Waals surface area contributed by atoms with Gasteiger partial charge in [0, 0.05) is 18.2 Å². The molecule has 6 heteroatoms. The number of benzene rings is 2. The molecule has 0 fully saturated rings. The molecule has 0 saturated carbocycles. The van der Waals surface area contributed by atoms with Gasteiger partial charge in [0.05, 0.1) is 28.4 Å². The minimum Gasteiger partial charge on any atom is -0.494 e. The molecule has 0 aliphatic carbocycles. The molecular weight excluding hydrogens is 325 g/mol. The fourth-order valence-corrected chi connectivity index (χ4v) is 2.64. The van der Waals surface area contributed by atoms with Gasteiger partial charge < -0.3 is 24.3 Å². The zero-order chi connectivity index (χ0) is 18.4. The third-order valence-electron chi connectivity index (χ3n) is 4.06. The van der Waals surface area contributed by atoms with E-state index in [-0.39, 0.29) is 17.6 Å². The molecule has 0 aliphatic rings. The minimum absolute atomic E-state index is 0.0572. The number of methoxy groups -OCH3 is 4. The van der Waals surface area contributed by atoms with Crippen LogP contribution in [0, 0.1) is 5.82 Å². The summed E-state index contributed by atoms with van der Waals surface area (Å²) in [5.41, 5.74) is 1.75. The van der Waals surface area contributed by atoms with Crippen LogP contribution in [-0.2, 0) is 6.54 Å². The number of rotatable bonds is 8. The molecule has 2 aromatic rings. The molecular formula is C19H24FNO4. The molecule has 0 aliphatic heterocycles. The van der Waals surface area contributed by atoms with Gasteiger partial charge in [-0.2, -0.15) is 0 Å². The van der Waals surface area contributed by atoms with E-state index in [2.05, 4.69) is 5.32 Å². The summed E-state index contributed by atoms with van der Waals surface area (Å²) in [6.45, 7) is 2.49. The number of nitrogens with one attached hydrogen (secondary N) is 1. The van der Waals surface area contributed by atoms with Gasteiger partial charge in [-0.3, -0.25) is 0 Å². The van der Waals surface area contributed by atoms with Crippen LogP contribution in [0.15, 0.2) is 30.3 Å². The maximum absolute atomic E-state index is 13.9. The third-order valence-corrected chi connectivity index (χ3v) is 4.06. The van der Waals surface area contributed by atoms with Crippen LogP contribution in [0.1, 0.15) is 24.1 Å². The van der Waals surface area contributed by atoms with Crippen LogP contribution >= 0.6 is 0 Å². The molecule has 0 saturated heterocycles. The third kappa shape index (κ3) is 4.14. The highest BCUT2D eigenvalue weighted by molar-refractivity contribution is 5.55. The van der Waals surface area contributed by atoms with Gasteiger partial charge in [-0.15, -0.1) is 0 Å². The average Bonchev–Trinajstić information content (AvgIpc) is 2.64. The van der Waals surface area contributed by atoms with E-state index in [9.17, 15) is 4.39 Å². The van der Waals surface area contributed by atoms with Gasteiger partial charge in [0.1, 0.15) is 0 Å². The van der Waals surface area contributed by atoms with Crippen molar-refractivity contribution < 1.29 is 23.3 Å². The first-order chi connectivity index (χ1) is 12.0. The van der Waals surface area contributed by atoms with Crippen LogP contribution < -0.4 is 24.3 Å². The lowest BCUT2D eigenvalue weighted by Crippen LogP contribution is -2.19. The van der Waals surface area contributed by atoms with Gasteiger partial charge in [0.2, 0.25) is 5.75 Å². The van der Waals surface area contributed by atoms with E-state index >= 15 is 0 Å². The van der Waals surface area contributed by atoms with Gasteiger partial charge in [-0.25, -0.2) is 4.39 Å². The Morgan fingerprint density at radius 3 is 2.08 bits per heavy atom. The summed E-state index contributed by atoms with van der Waals surface area (Å²) in [5, 5.41) is 3.36.